The fraction of sp³-hybridized carbons (Fsp3) is 0.500. The predicted octanol–water partition coefficient (Wildman–Crippen LogP) is 3.76. The van der Waals surface area contributed by atoms with Gasteiger partial charge in [-0.3, -0.25) is 9.42 Å². The van der Waals surface area contributed by atoms with Crippen LogP contribution in [0.25, 0.3) is 0 Å². The molecule has 2 unspecified atom stereocenters. The molecule has 2 atom stereocenters. The van der Waals surface area contributed by atoms with Crippen molar-refractivity contribution in [3.8, 4) is 5.75 Å². The summed E-state index contributed by atoms with van der Waals surface area (Å²) in [5, 5.41) is 0. The van der Waals surface area contributed by atoms with E-state index in [1.54, 1.807) is 24.3 Å². The highest BCUT2D eigenvalue weighted by molar-refractivity contribution is 7.47. The monoisotopic (exact) mass is 258 g/mol. The first-order valence-corrected chi connectivity index (χ1v) is 7.32. The smallest absolute Gasteiger partial charge is 0.404 e. The quantitative estimate of drug-likeness (QED) is 0.756. The van der Waals surface area contributed by atoms with Crippen molar-refractivity contribution in [2.75, 3.05) is 0 Å². The zero-order valence-electron chi connectivity index (χ0n) is 10.2. The summed E-state index contributed by atoms with van der Waals surface area (Å²) in [5.74, 6) is 0.338. The molecule has 0 aliphatic heterocycles. The van der Waals surface area contributed by atoms with Gasteiger partial charge in [-0.25, -0.2) is 4.57 Å². The summed E-state index contributed by atoms with van der Waals surface area (Å²) in [6.45, 7) is 3.93. The van der Waals surface area contributed by atoms with Crippen LogP contribution in [0.1, 0.15) is 33.1 Å². The molecule has 4 nitrogen and oxygen atoms in total. The molecule has 0 saturated carbocycles. The minimum absolute atomic E-state index is 0.237. The first-order chi connectivity index (χ1) is 8.07. The molecule has 1 N–H and O–H groups in total. The van der Waals surface area contributed by atoms with Crippen LogP contribution in [0.15, 0.2) is 30.3 Å². The lowest BCUT2D eigenvalue weighted by Crippen LogP contribution is -2.11. The fourth-order valence-electron chi connectivity index (χ4n) is 1.48. The van der Waals surface area contributed by atoms with E-state index in [1.807, 2.05) is 19.9 Å². The summed E-state index contributed by atoms with van der Waals surface area (Å²) in [7, 11) is -4.02. The molecule has 0 amide bonds. The van der Waals surface area contributed by atoms with E-state index in [4.69, 9.17) is 9.05 Å². The molecule has 96 valence electrons. The Hall–Kier alpha value is -0.830. The van der Waals surface area contributed by atoms with E-state index in [0.29, 0.717) is 12.2 Å². The molecule has 0 aromatic heterocycles. The standard InChI is InChI=1S/C12H19O4P/c1-3-8-11(4-2)15-17(13,14)16-12-9-6-5-7-10-12/h5-7,9-11H,3-4,8H2,1-2H3,(H,13,14). The zero-order chi connectivity index (χ0) is 12.7. The third kappa shape index (κ3) is 5.35. The lowest BCUT2D eigenvalue weighted by molar-refractivity contribution is 0.127. The number of phosphoric acid groups is 1. The second-order valence-corrected chi connectivity index (χ2v) is 5.13. The van der Waals surface area contributed by atoms with Gasteiger partial charge in [0, 0.05) is 0 Å². The second-order valence-electron chi connectivity index (χ2n) is 3.80. The Morgan fingerprint density at radius 3 is 2.47 bits per heavy atom. The van der Waals surface area contributed by atoms with Gasteiger partial charge in [-0.05, 0) is 25.0 Å². The molecular weight excluding hydrogens is 239 g/mol. The van der Waals surface area contributed by atoms with Gasteiger partial charge in [0.2, 0.25) is 0 Å². The van der Waals surface area contributed by atoms with Crippen LogP contribution in [0.2, 0.25) is 0 Å². The Balaban J connectivity index is 2.59. The number of hydrogen-bond acceptors (Lipinski definition) is 3. The molecule has 0 spiro atoms. The second kappa shape index (κ2) is 6.80. The summed E-state index contributed by atoms with van der Waals surface area (Å²) >= 11 is 0. The van der Waals surface area contributed by atoms with Gasteiger partial charge in [0.1, 0.15) is 5.75 Å². The molecule has 0 saturated heterocycles. The molecule has 17 heavy (non-hydrogen) atoms. The lowest BCUT2D eigenvalue weighted by Gasteiger charge is -2.19. The van der Waals surface area contributed by atoms with Crippen LogP contribution < -0.4 is 4.52 Å². The third-order valence-corrected chi connectivity index (χ3v) is 3.32. The molecular formula is C12H19O4P. The van der Waals surface area contributed by atoms with Crippen molar-refractivity contribution in [1.29, 1.82) is 0 Å². The van der Waals surface area contributed by atoms with E-state index in [1.165, 1.54) is 0 Å². The van der Waals surface area contributed by atoms with Gasteiger partial charge in [-0.15, -0.1) is 0 Å². The SMILES string of the molecule is CCCC(CC)OP(=O)(O)Oc1ccccc1. The van der Waals surface area contributed by atoms with Gasteiger partial charge in [0.15, 0.2) is 0 Å². The maximum atomic E-state index is 11.7. The van der Waals surface area contributed by atoms with Crippen LogP contribution in [0.4, 0.5) is 0 Å². The van der Waals surface area contributed by atoms with Crippen molar-refractivity contribution in [2.45, 2.75) is 39.2 Å². The average molecular weight is 258 g/mol. The number of rotatable bonds is 7. The van der Waals surface area contributed by atoms with Crippen LogP contribution in [-0.2, 0) is 9.09 Å². The largest absolute Gasteiger partial charge is 0.527 e. The molecule has 0 aliphatic carbocycles. The Labute approximate surface area is 102 Å². The van der Waals surface area contributed by atoms with Crippen molar-refractivity contribution < 1.29 is 18.5 Å². The summed E-state index contributed by atoms with van der Waals surface area (Å²) < 4.78 is 21.8. The molecule has 1 aromatic rings. The number of para-hydroxylation sites is 1. The number of hydrogen-bond donors (Lipinski definition) is 1. The van der Waals surface area contributed by atoms with Gasteiger partial charge in [-0.1, -0.05) is 38.5 Å². The van der Waals surface area contributed by atoms with Crippen molar-refractivity contribution in [1.82, 2.24) is 0 Å². The lowest BCUT2D eigenvalue weighted by atomic mass is 10.2. The Morgan fingerprint density at radius 2 is 1.94 bits per heavy atom. The highest BCUT2D eigenvalue weighted by atomic mass is 31.2. The molecule has 0 bridgehead atoms. The fourth-order valence-corrected chi connectivity index (χ4v) is 2.54. The molecule has 0 fully saturated rings. The van der Waals surface area contributed by atoms with Crippen LogP contribution >= 0.6 is 7.82 Å². The predicted molar refractivity (Wildman–Crippen MR) is 67.0 cm³/mol. The van der Waals surface area contributed by atoms with E-state index >= 15 is 0 Å². The van der Waals surface area contributed by atoms with Crippen molar-refractivity contribution in [2.24, 2.45) is 0 Å². The van der Waals surface area contributed by atoms with E-state index in [2.05, 4.69) is 0 Å². The summed E-state index contributed by atoms with van der Waals surface area (Å²) in [5.41, 5.74) is 0. The highest BCUT2D eigenvalue weighted by Crippen LogP contribution is 2.45. The first kappa shape index (κ1) is 14.2. The average Bonchev–Trinajstić information content (AvgIpc) is 2.29. The van der Waals surface area contributed by atoms with Crippen LogP contribution in [0.3, 0.4) is 0 Å². The maximum absolute atomic E-state index is 11.7. The number of phosphoric ester groups is 1. The summed E-state index contributed by atoms with van der Waals surface area (Å²) in [6, 6.07) is 8.51. The molecule has 1 aromatic carbocycles. The molecule has 0 heterocycles. The Kier molecular flexibility index (Phi) is 5.69. The zero-order valence-corrected chi connectivity index (χ0v) is 11.1. The third-order valence-electron chi connectivity index (χ3n) is 2.31. The number of benzene rings is 1. The van der Waals surface area contributed by atoms with Gasteiger partial charge < -0.3 is 4.52 Å². The Bertz CT molecular complexity index is 366. The van der Waals surface area contributed by atoms with E-state index in [9.17, 15) is 9.46 Å². The van der Waals surface area contributed by atoms with Gasteiger partial charge in [-0.2, -0.15) is 0 Å². The minimum atomic E-state index is -4.02. The topological polar surface area (TPSA) is 55.8 Å². The maximum Gasteiger partial charge on any atom is 0.527 e. The van der Waals surface area contributed by atoms with Crippen molar-refractivity contribution in [3.05, 3.63) is 30.3 Å². The van der Waals surface area contributed by atoms with Gasteiger partial charge in [0.25, 0.3) is 0 Å². The molecule has 0 radical (unpaired) electrons. The van der Waals surface area contributed by atoms with Crippen molar-refractivity contribution in [3.63, 3.8) is 0 Å². The summed E-state index contributed by atoms with van der Waals surface area (Å²) in [4.78, 5) is 9.61. The molecule has 5 heteroatoms. The van der Waals surface area contributed by atoms with Gasteiger partial charge in [0.05, 0.1) is 6.10 Å². The minimum Gasteiger partial charge on any atom is -0.404 e. The van der Waals surface area contributed by atoms with E-state index in [0.717, 1.165) is 12.8 Å². The van der Waals surface area contributed by atoms with E-state index < -0.39 is 7.82 Å². The van der Waals surface area contributed by atoms with Crippen LogP contribution in [0, 0.1) is 0 Å². The van der Waals surface area contributed by atoms with Gasteiger partial charge >= 0.3 is 7.82 Å². The highest BCUT2D eigenvalue weighted by Gasteiger charge is 2.26. The first-order valence-electron chi connectivity index (χ1n) is 5.83. The Morgan fingerprint density at radius 1 is 1.29 bits per heavy atom. The summed E-state index contributed by atoms with van der Waals surface area (Å²) in [6.07, 6.45) is 2.11. The molecule has 0 aliphatic rings. The normalized spacial score (nSPS) is 16.2. The molecule has 1 rings (SSSR count). The van der Waals surface area contributed by atoms with Crippen LogP contribution in [-0.4, -0.2) is 11.0 Å². The van der Waals surface area contributed by atoms with Crippen molar-refractivity contribution >= 4 is 7.82 Å². The van der Waals surface area contributed by atoms with E-state index in [-0.39, 0.29) is 6.10 Å². The van der Waals surface area contributed by atoms with Crippen LogP contribution in [0.5, 0.6) is 5.75 Å².